The molecule has 4 heteroatoms. The van der Waals surface area contributed by atoms with Crippen molar-refractivity contribution in [1.82, 2.24) is 14.5 Å². The summed E-state index contributed by atoms with van der Waals surface area (Å²) < 4.78 is 3.43. The number of nitrogens with zero attached hydrogens (tertiary/aromatic N) is 2. The third-order valence-corrected chi connectivity index (χ3v) is 4.66. The molecular weight excluding hydrogens is 262 g/mol. The van der Waals surface area contributed by atoms with Crippen LogP contribution in [0.25, 0.3) is 11.0 Å². The molecule has 0 aliphatic carbocycles. The van der Waals surface area contributed by atoms with Crippen molar-refractivity contribution in [1.29, 1.82) is 0 Å². The minimum absolute atomic E-state index is 0.0269. The van der Waals surface area contributed by atoms with E-state index in [9.17, 15) is 4.79 Å². The Labute approximate surface area is 126 Å². The van der Waals surface area contributed by atoms with Gasteiger partial charge in [-0.15, -0.1) is 0 Å². The second kappa shape index (κ2) is 6.06. The third kappa shape index (κ3) is 2.77. The molecule has 0 radical (unpaired) electrons. The number of aromatic nitrogens is 2. The molecule has 0 fully saturated rings. The summed E-state index contributed by atoms with van der Waals surface area (Å²) in [4.78, 5) is 12.0. The molecule has 1 heterocycles. The number of fused-ring (bicyclic) bond motifs is 1. The van der Waals surface area contributed by atoms with E-state index >= 15 is 0 Å². The van der Waals surface area contributed by atoms with Gasteiger partial charge in [-0.25, -0.2) is 4.79 Å². The summed E-state index contributed by atoms with van der Waals surface area (Å²) in [5.74, 6) is 1.13. The molecular formula is C17H27N3O. The maximum atomic E-state index is 12.0. The zero-order valence-electron chi connectivity index (χ0n) is 14.0. The smallest absolute Gasteiger partial charge is 0.310 e. The number of benzene rings is 1. The molecule has 0 saturated carbocycles. The van der Waals surface area contributed by atoms with Gasteiger partial charge in [-0.05, 0) is 36.1 Å². The Morgan fingerprint density at radius 3 is 2.29 bits per heavy atom. The normalized spacial score (nSPS) is 14.8. The second-order valence-corrected chi connectivity index (χ2v) is 6.29. The van der Waals surface area contributed by atoms with Crippen LogP contribution in [-0.4, -0.2) is 15.7 Å². The first-order valence-corrected chi connectivity index (χ1v) is 7.77. The van der Waals surface area contributed by atoms with Gasteiger partial charge in [-0.3, -0.25) is 9.13 Å². The van der Waals surface area contributed by atoms with E-state index < -0.39 is 0 Å². The highest BCUT2D eigenvalue weighted by Gasteiger charge is 2.22. The van der Waals surface area contributed by atoms with Crippen molar-refractivity contribution < 1.29 is 0 Å². The van der Waals surface area contributed by atoms with Crippen molar-refractivity contribution in [2.24, 2.45) is 25.9 Å². The molecule has 21 heavy (non-hydrogen) atoms. The first-order chi connectivity index (χ1) is 9.88. The van der Waals surface area contributed by atoms with Gasteiger partial charge in [0.1, 0.15) is 0 Å². The van der Waals surface area contributed by atoms with Gasteiger partial charge in [0.05, 0.1) is 11.0 Å². The average Bonchev–Trinajstić information content (AvgIpc) is 2.68. The molecule has 1 aromatic heterocycles. The van der Waals surface area contributed by atoms with Crippen molar-refractivity contribution >= 4 is 11.0 Å². The van der Waals surface area contributed by atoms with Crippen LogP contribution in [0.4, 0.5) is 0 Å². The molecule has 0 aliphatic rings. The van der Waals surface area contributed by atoms with Gasteiger partial charge >= 0.3 is 5.69 Å². The zero-order valence-corrected chi connectivity index (χ0v) is 14.0. The summed E-state index contributed by atoms with van der Waals surface area (Å²) in [5, 5.41) is 3.59. The van der Waals surface area contributed by atoms with E-state index in [0.717, 1.165) is 17.6 Å². The number of imidazole rings is 1. The van der Waals surface area contributed by atoms with Crippen molar-refractivity contribution in [3.8, 4) is 0 Å². The van der Waals surface area contributed by atoms with E-state index in [-0.39, 0.29) is 5.69 Å². The molecule has 116 valence electrons. The minimum Gasteiger partial charge on any atom is -0.310 e. The van der Waals surface area contributed by atoms with Crippen molar-refractivity contribution in [3.63, 3.8) is 0 Å². The van der Waals surface area contributed by atoms with Crippen LogP contribution < -0.4 is 11.0 Å². The second-order valence-electron chi connectivity index (χ2n) is 6.29. The van der Waals surface area contributed by atoms with Gasteiger partial charge in [0, 0.05) is 20.1 Å². The molecule has 1 N–H and O–H groups in total. The summed E-state index contributed by atoms with van der Waals surface area (Å²) in [6, 6.07) is 6.68. The Bertz CT molecular complexity index is 681. The molecule has 2 unspecified atom stereocenters. The Morgan fingerprint density at radius 1 is 1.10 bits per heavy atom. The Morgan fingerprint density at radius 2 is 1.71 bits per heavy atom. The highest BCUT2D eigenvalue weighted by Crippen LogP contribution is 2.29. The Balaban J connectivity index is 2.54. The maximum Gasteiger partial charge on any atom is 0.328 e. The molecule has 0 saturated heterocycles. The molecule has 2 atom stereocenters. The summed E-state index contributed by atoms with van der Waals surface area (Å²) in [5.41, 5.74) is 3.27. The maximum absolute atomic E-state index is 12.0. The van der Waals surface area contributed by atoms with E-state index in [4.69, 9.17) is 0 Å². The van der Waals surface area contributed by atoms with E-state index in [2.05, 4.69) is 51.2 Å². The van der Waals surface area contributed by atoms with Crippen LogP contribution in [0.2, 0.25) is 0 Å². The lowest BCUT2D eigenvalue weighted by Gasteiger charge is -2.28. The summed E-state index contributed by atoms with van der Waals surface area (Å²) in [6.07, 6.45) is 0. The lowest BCUT2D eigenvalue weighted by Crippen LogP contribution is -2.29. The van der Waals surface area contributed by atoms with Crippen LogP contribution in [0.15, 0.2) is 23.0 Å². The minimum atomic E-state index is 0.0269. The summed E-state index contributed by atoms with van der Waals surface area (Å²) >= 11 is 0. The van der Waals surface area contributed by atoms with Gasteiger partial charge in [0.15, 0.2) is 0 Å². The van der Waals surface area contributed by atoms with E-state index in [1.54, 1.807) is 9.13 Å². The van der Waals surface area contributed by atoms with Crippen LogP contribution in [-0.2, 0) is 14.1 Å². The van der Waals surface area contributed by atoms with Gasteiger partial charge < -0.3 is 5.32 Å². The summed E-state index contributed by atoms with van der Waals surface area (Å²) in [6.45, 7) is 9.87. The number of hydrogen-bond donors (Lipinski definition) is 1. The van der Waals surface area contributed by atoms with E-state index in [0.29, 0.717) is 17.9 Å². The van der Waals surface area contributed by atoms with E-state index in [1.807, 2.05) is 14.1 Å². The quantitative estimate of drug-likeness (QED) is 0.919. The standard InChI is InChI=1S/C17H27N3O/c1-7-18-16(12(4)11(2)3)13-8-9-14-15(10-13)20(6)17(21)19(14)5/h8-12,16,18H,7H2,1-6H3. The molecule has 1 aromatic carbocycles. The Hall–Kier alpha value is -1.55. The summed E-state index contributed by atoms with van der Waals surface area (Å²) in [7, 11) is 3.66. The third-order valence-electron chi connectivity index (χ3n) is 4.66. The van der Waals surface area contributed by atoms with Crippen molar-refractivity contribution in [3.05, 3.63) is 34.2 Å². The Kier molecular flexibility index (Phi) is 4.57. The predicted octanol–water partition coefficient (Wildman–Crippen LogP) is 2.82. The molecule has 0 aliphatic heterocycles. The van der Waals surface area contributed by atoms with Gasteiger partial charge in [-0.2, -0.15) is 0 Å². The van der Waals surface area contributed by atoms with Crippen LogP contribution >= 0.6 is 0 Å². The van der Waals surface area contributed by atoms with Gasteiger partial charge in [-0.1, -0.05) is 33.8 Å². The topological polar surface area (TPSA) is 39.0 Å². The highest BCUT2D eigenvalue weighted by atomic mass is 16.1. The van der Waals surface area contributed by atoms with Crippen molar-refractivity contribution in [2.75, 3.05) is 6.54 Å². The van der Waals surface area contributed by atoms with Crippen molar-refractivity contribution in [2.45, 2.75) is 33.7 Å². The zero-order chi connectivity index (χ0) is 15.7. The lowest BCUT2D eigenvalue weighted by atomic mass is 9.86. The molecule has 0 bridgehead atoms. The lowest BCUT2D eigenvalue weighted by molar-refractivity contribution is 0.307. The van der Waals surface area contributed by atoms with Gasteiger partial charge in [0.2, 0.25) is 0 Å². The average molecular weight is 289 g/mol. The SMILES string of the molecule is CCNC(c1ccc2c(c1)n(C)c(=O)n2C)C(C)C(C)C. The van der Waals surface area contributed by atoms with Crippen LogP contribution in [0, 0.1) is 11.8 Å². The molecule has 2 aromatic rings. The predicted molar refractivity (Wildman–Crippen MR) is 88.6 cm³/mol. The fourth-order valence-electron chi connectivity index (χ4n) is 2.93. The largest absolute Gasteiger partial charge is 0.328 e. The van der Waals surface area contributed by atoms with E-state index in [1.165, 1.54) is 5.56 Å². The number of rotatable bonds is 5. The van der Waals surface area contributed by atoms with Crippen LogP contribution in [0.5, 0.6) is 0 Å². The molecule has 2 rings (SSSR count). The monoisotopic (exact) mass is 289 g/mol. The number of nitrogens with one attached hydrogen (secondary N) is 1. The van der Waals surface area contributed by atoms with Crippen LogP contribution in [0.1, 0.15) is 39.3 Å². The molecule has 0 amide bonds. The molecule has 4 nitrogen and oxygen atoms in total. The number of aryl methyl sites for hydroxylation is 2. The van der Waals surface area contributed by atoms with Gasteiger partial charge in [0.25, 0.3) is 0 Å². The molecule has 0 spiro atoms. The fraction of sp³-hybridized carbons (Fsp3) is 0.588. The van der Waals surface area contributed by atoms with Crippen LogP contribution in [0.3, 0.4) is 0 Å². The fourth-order valence-corrected chi connectivity index (χ4v) is 2.93. The first-order valence-electron chi connectivity index (χ1n) is 7.77. The number of hydrogen-bond acceptors (Lipinski definition) is 2. The first kappa shape index (κ1) is 15.8. The highest BCUT2D eigenvalue weighted by molar-refractivity contribution is 5.77.